The molecule has 1 aliphatic rings. The summed E-state index contributed by atoms with van der Waals surface area (Å²) in [5.41, 5.74) is 2.18. The molecule has 2 aromatic carbocycles. The highest BCUT2D eigenvalue weighted by Crippen LogP contribution is 2.34. The third kappa shape index (κ3) is 4.50. The quantitative estimate of drug-likeness (QED) is 0.822. The highest BCUT2D eigenvalue weighted by atomic mass is 32.2. The van der Waals surface area contributed by atoms with E-state index in [0.717, 1.165) is 17.7 Å². The number of nitrogens with zero attached hydrogens (tertiary/aromatic N) is 1. The third-order valence-electron chi connectivity index (χ3n) is 4.06. The lowest BCUT2D eigenvalue weighted by molar-refractivity contribution is 0.435. The van der Waals surface area contributed by atoms with Gasteiger partial charge >= 0.3 is 0 Å². The largest absolute Gasteiger partial charge is 0.236 e. The van der Waals surface area contributed by atoms with Gasteiger partial charge in [0.05, 0.1) is 0 Å². The van der Waals surface area contributed by atoms with Gasteiger partial charge in [0.15, 0.2) is 0 Å². The highest BCUT2D eigenvalue weighted by Gasteiger charge is 2.25. The van der Waals surface area contributed by atoms with Crippen molar-refractivity contribution < 1.29 is 8.42 Å². The van der Waals surface area contributed by atoms with Crippen LogP contribution in [-0.4, -0.2) is 31.6 Å². The molecule has 5 heteroatoms. The first-order chi connectivity index (χ1) is 11.6. The van der Waals surface area contributed by atoms with Gasteiger partial charge in [0.2, 0.25) is 10.0 Å². The van der Waals surface area contributed by atoms with Crippen molar-refractivity contribution in [3.05, 3.63) is 77.2 Å². The maximum absolute atomic E-state index is 12.6. The molecule has 0 spiro atoms. The highest BCUT2D eigenvalue weighted by molar-refractivity contribution is 7.99. The molecular formula is C19H21NO2S2. The van der Waals surface area contributed by atoms with Crippen molar-refractivity contribution in [2.75, 3.05) is 18.8 Å². The number of benzene rings is 2. The van der Waals surface area contributed by atoms with Crippen molar-refractivity contribution in [3.8, 4) is 0 Å². The average Bonchev–Trinajstić information content (AvgIpc) is 2.89. The second-order valence-electron chi connectivity index (χ2n) is 5.72. The van der Waals surface area contributed by atoms with Crippen LogP contribution < -0.4 is 0 Å². The molecule has 3 rings (SSSR count). The van der Waals surface area contributed by atoms with Crippen LogP contribution >= 0.6 is 11.8 Å². The Bertz CT molecular complexity index is 774. The van der Waals surface area contributed by atoms with Crippen LogP contribution in [0.15, 0.2) is 66.1 Å². The van der Waals surface area contributed by atoms with Gasteiger partial charge in [0.1, 0.15) is 0 Å². The van der Waals surface area contributed by atoms with E-state index in [9.17, 15) is 8.42 Å². The number of sulfonamides is 1. The Morgan fingerprint density at radius 3 is 2.33 bits per heavy atom. The van der Waals surface area contributed by atoms with Gasteiger partial charge in [-0.15, -0.1) is 0 Å². The normalized spacial score (nSPS) is 20.1. The first kappa shape index (κ1) is 17.3. The first-order valence-corrected chi connectivity index (χ1v) is 10.6. The second-order valence-corrected chi connectivity index (χ2v) is 8.85. The van der Waals surface area contributed by atoms with E-state index in [-0.39, 0.29) is 0 Å². The predicted octanol–water partition coefficient (Wildman–Crippen LogP) is 4.17. The van der Waals surface area contributed by atoms with E-state index in [1.165, 1.54) is 11.0 Å². The minimum Gasteiger partial charge on any atom is -0.208 e. The molecule has 0 unspecified atom stereocenters. The summed E-state index contributed by atoms with van der Waals surface area (Å²) in [4.78, 5) is 0. The Morgan fingerprint density at radius 1 is 0.958 bits per heavy atom. The number of hydrogen-bond acceptors (Lipinski definition) is 3. The lowest BCUT2D eigenvalue weighted by atomic mass is 10.1. The zero-order valence-corrected chi connectivity index (χ0v) is 15.0. The molecule has 0 amide bonds. The van der Waals surface area contributed by atoms with Crippen LogP contribution in [0.5, 0.6) is 0 Å². The smallest absolute Gasteiger partial charge is 0.208 e. The number of thioether (sulfide) groups is 1. The van der Waals surface area contributed by atoms with Gasteiger partial charge in [-0.05, 0) is 23.6 Å². The SMILES string of the molecule is O=S(=O)(/C=C/c1ccccc1)N1CCS[C@@H](c2ccccc2)CC1. The lowest BCUT2D eigenvalue weighted by Crippen LogP contribution is -2.31. The molecule has 126 valence electrons. The van der Waals surface area contributed by atoms with Crippen LogP contribution in [0.25, 0.3) is 6.08 Å². The van der Waals surface area contributed by atoms with Gasteiger partial charge < -0.3 is 0 Å². The third-order valence-corrected chi connectivity index (χ3v) is 6.96. The first-order valence-electron chi connectivity index (χ1n) is 8.05. The Labute approximate surface area is 148 Å². The number of hydrogen-bond donors (Lipinski definition) is 0. The van der Waals surface area contributed by atoms with Crippen molar-refractivity contribution in [2.45, 2.75) is 11.7 Å². The fraction of sp³-hybridized carbons (Fsp3) is 0.263. The van der Waals surface area contributed by atoms with Gasteiger partial charge in [0.25, 0.3) is 0 Å². The Hall–Kier alpha value is -1.56. The van der Waals surface area contributed by atoms with Crippen LogP contribution in [0.3, 0.4) is 0 Å². The van der Waals surface area contributed by atoms with Crippen LogP contribution in [0.4, 0.5) is 0 Å². The van der Waals surface area contributed by atoms with Crippen molar-refractivity contribution in [1.82, 2.24) is 4.31 Å². The van der Waals surface area contributed by atoms with E-state index in [2.05, 4.69) is 12.1 Å². The van der Waals surface area contributed by atoms with Gasteiger partial charge in [-0.3, -0.25) is 0 Å². The Morgan fingerprint density at radius 2 is 1.62 bits per heavy atom. The van der Waals surface area contributed by atoms with Gasteiger partial charge in [-0.1, -0.05) is 60.7 Å². The monoisotopic (exact) mass is 359 g/mol. The predicted molar refractivity (Wildman–Crippen MR) is 102 cm³/mol. The summed E-state index contributed by atoms with van der Waals surface area (Å²) < 4.78 is 26.8. The van der Waals surface area contributed by atoms with Crippen LogP contribution in [0.1, 0.15) is 22.8 Å². The molecule has 0 aromatic heterocycles. The maximum Gasteiger partial charge on any atom is 0.236 e. The summed E-state index contributed by atoms with van der Waals surface area (Å²) in [6.45, 7) is 1.13. The molecule has 3 nitrogen and oxygen atoms in total. The molecule has 24 heavy (non-hydrogen) atoms. The van der Waals surface area contributed by atoms with Crippen molar-refractivity contribution in [3.63, 3.8) is 0 Å². The zero-order valence-electron chi connectivity index (χ0n) is 13.4. The minimum absolute atomic E-state index is 0.365. The number of rotatable bonds is 4. The Kier molecular flexibility index (Phi) is 5.76. The molecule has 1 saturated heterocycles. The molecule has 2 aromatic rings. The van der Waals surface area contributed by atoms with E-state index in [4.69, 9.17) is 0 Å². The summed E-state index contributed by atoms with van der Waals surface area (Å²) in [5, 5.41) is 1.69. The topological polar surface area (TPSA) is 37.4 Å². The Balaban J connectivity index is 1.68. The summed E-state index contributed by atoms with van der Waals surface area (Å²) in [7, 11) is -3.37. The van der Waals surface area contributed by atoms with E-state index in [1.807, 2.05) is 60.3 Å². The van der Waals surface area contributed by atoms with E-state index in [0.29, 0.717) is 18.3 Å². The molecule has 0 bridgehead atoms. The molecule has 1 atom stereocenters. The van der Waals surface area contributed by atoms with E-state index in [1.54, 1.807) is 10.4 Å². The van der Waals surface area contributed by atoms with Crippen molar-refractivity contribution >= 4 is 27.9 Å². The van der Waals surface area contributed by atoms with Gasteiger partial charge in [0, 0.05) is 29.5 Å². The summed E-state index contributed by atoms with van der Waals surface area (Å²) in [6.07, 6.45) is 2.51. The van der Waals surface area contributed by atoms with E-state index < -0.39 is 10.0 Å². The summed E-state index contributed by atoms with van der Waals surface area (Å²) in [6, 6.07) is 19.9. The van der Waals surface area contributed by atoms with Crippen LogP contribution in [0.2, 0.25) is 0 Å². The average molecular weight is 360 g/mol. The maximum atomic E-state index is 12.6. The summed E-state index contributed by atoms with van der Waals surface area (Å²) in [5.74, 6) is 0.817. The van der Waals surface area contributed by atoms with Crippen LogP contribution in [0, 0.1) is 0 Å². The molecule has 1 fully saturated rings. The molecule has 1 heterocycles. The molecule has 0 aliphatic carbocycles. The zero-order chi connectivity index (χ0) is 16.8. The van der Waals surface area contributed by atoms with Gasteiger partial charge in [-0.25, -0.2) is 8.42 Å². The fourth-order valence-corrected chi connectivity index (χ4v) is 5.31. The lowest BCUT2D eigenvalue weighted by Gasteiger charge is -2.17. The van der Waals surface area contributed by atoms with Gasteiger partial charge in [-0.2, -0.15) is 16.1 Å². The molecule has 0 saturated carbocycles. The summed E-state index contributed by atoms with van der Waals surface area (Å²) >= 11 is 1.84. The minimum atomic E-state index is -3.37. The van der Waals surface area contributed by atoms with Crippen LogP contribution in [-0.2, 0) is 10.0 Å². The molecular weight excluding hydrogens is 338 g/mol. The standard InChI is InChI=1S/C19H21NO2S2/c21-24(22,16-12-17-7-3-1-4-8-17)20-13-11-19(23-15-14-20)18-9-5-2-6-10-18/h1-10,12,16,19H,11,13-15H2/b16-12+/t19-/m1/s1. The fourth-order valence-electron chi connectivity index (χ4n) is 2.75. The second kappa shape index (κ2) is 8.01. The molecule has 1 aliphatic heterocycles. The van der Waals surface area contributed by atoms with Crippen molar-refractivity contribution in [2.24, 2.45) is 0 Å². The van der Waals surface area contributed by atoms with Crippen molar-refractivity contribution in [1.29, 1.82) is 0 Å². The molecule has 0 N–H and O–H groups in total. The molecule has 0 radical (unpaired) electrons. The van der Waals surface area contributed by atoms with E-state index >= 15 is 0 Å².